The third-order valence-electron chi connectivity index (χ3n) is 6.56. The number of hydrogen-bond donors (Lipinski definition) is 2. The highest BCUT2D eigenvalue weighted by Crippen LogP contribution is 2.28. The highest BCUT2D eigenvalue weighted by atomic mass is 16.5. The van der Waals surface area contributed by atoms with E-state index in [4.69, 9.17) is 9.47 Å². The third-order valence-corrected chi connectivity index (χ3v) is 6.56. The van der Waals surface area contributed by atoms with E-state index in [9.17, 15) is 9.59 Å². The van der Waals surface area contributed by atoms with Crippen molar-refractivity contribution in [3.05, 3.63) is 59.7 Å². The summed E-state index contributed by atoms with van der Waals surface area (Å²) in [5.41, 5.74) is 2.51. The van der Waals surface area contributed by atoms with Crippen LogP contribution in [-0.2, 0) is 4.74 Å². The van der Waals surface area contributed by atoms with Crippen LogP contribution in [0.4, 0.5) is 10.5 Å². The molecule has 8 nitrogen and oxygen atoms in total. The Balaban J connectivity index is 1.30. The van der Waals surface area contributed by atoms with Crippen molar-refractivity contribution in [3.63, 3.8) is 0 Å². The monoisotopic (exact) mass is 480 g/mol. The second kappa shape index (κ2) is 12.6. The summed E-state index contributed by atoms with van der Waals surface area (Å²) >= 11 is 0. The molecule has 1 unspecified atom stereocenters. The minimum absolute atomic E-state index is 0.0546. The van der Waals surface area contributed by atoms with Crippen LogP contribution in [0, 0.1) is 0 Å². The molecule has 0 radical (unpaired) electrons. The Kier molecular flexibility index (Phi) is 8.97. The van der Waals surface area contributed by atoms with Crippen LogP contribution in [-0.4, -0.2) is 80.8 Å². The number of carbonyl (C=O) groups is 2. The van der Waals surface area contributed by atoms with Crippen LogP contribution in [0.2, 0.25) is 0 Å². The number of rotatable bonds is 8. The van der Waals surface area contributed by atoms with Crippen LogP contribution in [0.15, 0.2) is 48.5 Å². The number of benzene rings is 2. The van der Waals surface area contributed by atoms with E-state index in [1.165, 1.54) is 0 Å². The van der Waals surface area contributed by atoms with Gasteiger partial charge in [0.25, 0.3) is 5.91 Å². The quantitative estimate of drug-likeness (QED) is 0.604. The molecule has 0 bridgehead atoms. The van der Waals surface area contributed by atoms with Crippen molar-refractivity contribution < 1.29 is 19.1 Å². The van der Waals surface area contributed by atoms with E-state index in [2.05, 4.69) is 21.6 Å². The summed E-state index contributed by atoms with van der Waals surface area (Å²) in [7, 11) is 0. The molecule has 0 aromatic heterocycles. The van der Waals surface area contributed by atoms with Gasteiger partial charge in [0, 0.05) is 56.4 Å². The molecule has 2 fully saturated rings. The summed E-state index contributed by atoms with van der Waals surface area (Å²) in [6, 6.07) is 15.1. The Morgan fingerprint density at radius 3 is 2.66 bits per heavy atom. The van der Waals surface area contributed by atoms with E-state index >= 15 is 0 Å². The fourth-order valence-corrected chi connectivity index (χ4v) is 4.63. The predicted octanol–water partition coefficient (Wildman–Crippen LogP) is 3.56. The summed E-state index contributed by atoms with van der Waals surface area (Å²) in [6.07, 6.45) is 1.92. The van der Waals surface area contributed by atoms with E-state index in [1.807, 2.05) is 54.3 Å². The lowest BCUT2D eigenvalue weighted by atomic mass is 9.89. The minimum atomic E-state index is -0.101. The Morgan fingerprint density at radius 2 is 1.89 bits per heavy atom. The maximum absolute atomic E-state index is 12.9. The number of likely N-dealkylation sites (tertiary alicyclic amines) is 1. The number of hydrogen-bond acceptors (Lipinski definition) is 5. The molecule has 0 spiro atoms. The zero-order chi connectivity index (χ0) is 24.5. The topological polar surface area (TPSA) is 83.1 Å². The molecular formula is C27H36N4O4. The lowest BCUT2D eigenvalue weighted by Gasteiger charge is -2.33. The summed E-state index contributed by atoms with van der Waals surface area (Å²) in [6.45, 7) is 8.69. The molecule has 0 saturated carbocycles. The van der Waals surface area contributed by atoms with Gasteiger partial charge in [-0.3, -0.25) is 9.69 Å². The fraction of sp³-hybridized carbons (Fsp3) is 0.481. The van der Waals surface area contributed by atoms with Gasteiger partial charge in [0.2, 0.25) is 0 Å². The van der Waals surface area contributed by atoms with Crippen LogP contribution in [0.3, 0.4) is 0 Å². The standard InChI is InChI=1S/C27H36N4O4/c1-2-35-25-10-8-24(9-11-25)29-27(33)31-13-4-7-23(20-31)21-5-3-6-22(19-21)26(32)28-12-14-30-15-17-34-18-16-30/h3,5-6,8-11,19,23H,2,4,7,12-18,20H2,1H3,(H,28,32)(H,29,33). The van der Waals surface area contributed by atoms with Crippen molar-refractivity contribution >= 4 is 17.6 Å². The average molecular weight is 481 g/mol. The molecule has 1 atom stereocenters. The molecule has 2 aliphatic heterocycles. The average Bonchev–Trinajstić information content (AvgIpc) is 2.90. The lowest BCUT2D eigenvalue weighted by Crippen LogP contribution is -2.41. The zero-order valence-electron chi connectivity index (χ0n) is 20.5. The van der Waals surface area contributed by atoms with Gasteiger partial charge < -0.3 is 25.0 Å². The lowest BCUT2D eigenvalue weighted by molar-refractivity contribution is 0.0383. The Hall–Kier alpha value is -3.10. The molecule has 2 aromatic rings. The molecule has 188 valence electrons. The smallest absolute Gasteiger partial charge is 0.321 e. The van der Waals surface area contributed by atoms with Gasteiger partial charge >= 0.3 is 6.03 Å². The molecule has 3 amide bonds. The number of morpholine rings is 1. The number of carbonyl (C=O) groups excluding carboxylic acids is 2. The SMILES string of the molecule is CCOc1ccc(NC(=O)N2CCCC(c3cccc(C(=O)NCCN4CCOCC4)c3)C2)cc1. The molecular weight excluding hydrogens is 444 g/mol. The number of anilines is 1. The Labute approximate surface area is 207 Å². The zero-order valence-corrected chi connectivity index (χ0v) is 20.5. The third kappa shape index (κ3) is 7.19. The number of ether oxygens (including phenoxy) is 2. The first-order valence-corrected chi connectivity index (χ1v) is 12.6. The van der Waals surface area contributed by atoms with E-state index in [0.717, 1.165) is 69.2 Å². The van der Waals surface area contributed by atoms with Gasteiger partial charge in [-0.2, -0.15) is 0 Å². The summed E-state index contributed by atoms with van der Waals surface area (Å²) < 4.78 is 10.8. The molecule has 0 aliphatic carbocycles. The molecule has 2 aromatic carbocycles. The maximum Gasteiger partial charge on any atom is 0.321 e. The number of nitrogens with zero attached hydrogens (tertiary/aromatic N) is 2. The summed E-state index contributed by atoms with van der Waals surface area (Å²) in [5, 5.41) is 6.03. The number of nitrogens with one attached hydrogen (secondary N) is 2. The molecule has 2 aliphatic rings. The number of amides is 3. The normalized spacial score (nSPS) is 18.7. The number of urea groups is 1. The van der Waals surface area contributed by atoms with Crippen LogP contribution in [0.5, 0.6) is 5.75 Å². The van der Waals surface area contributed by atoms with E-state index in [0.29, 0.717) is 25.3 Å². The van der Waals surface area contributed by atoms with Gasteiger partial charge in [0.05, 0.1) is 19.8 Å². The van der Waals surface area contributed by atoms with E-state index in [1.54, 1.807) is 0 Å². The molecule has 35 heavy (non-hydrogen) atoms. The van der Waals surface area contributed by atoms with Crippen molar-refractivity contribution in [2.45, 2.75) is 25.7 Å². The molecule has 2 N–H and O–H groups in total. The predicted molar refractivity (Wildman–Crippen MR) is 136 cm³/mol. The van der Waals surface area contributed by atoms with Crippen LogP contribution in [0.1, 0.15) is 41.6 Å². The van der Waals surface area contributed by atoms with Crippen molar-refractivity contribution in [2.24, 2.45) is 0 Å². The number of piperidine rings is 1. The second-order valence-corrected chi connectivity index (χ2v) is 9.01. The first-order chi connectivity index (χ1) is 17.1. The maximum atomic E-state index is 12.9. The Morgan fingerprint density at radius 1 is 1.09 bits per heavy atom. The van der Waals surface area contributed by atoms with Gasteiger partial charge in [0.1, 0.15) is 5.75 Å². The van der Waals surface area contributed by atoms with Gasteiger partial charge in [-0.15, -0.1) is 0 Å². The Bertz CT molecular complexity index is 975. The first-order valence-electron chi connectivity index (χ1n) is 12.6. The van der Waals surface area contributed by atoms with Gasteiger partial charge in [-0.25, -0.2) is 4.79 Å². The van der Waals surface area contributed by atoms with Crippen LogP contribution >= 0.6 is 0 Å². The minimum Gasteiger partial charge on any atom is -0.494 e. The summed E-state index contributed by atoms with van der Waals surface area (Å²) in [4.78, 5) is 29.8. The fourth-order valence-electron chi connectivity index (χ4n) is 4.63. The van der Waals surface area contributed by atoms with E-state index in [-0.39, 0.29) is 17.9 Å². The molecule has 2 heterocycles. The molecule has 4 rings (SSSR count). The molecule has 8 heteroatoms. The molecule has 2 saturated heterocycles. The highest BCUT2D eigenvalue weighted by Gasteiger charge is 2.25. The summed E-state index contributed by atoms with van der Waals surface area (Å²) in [5.74, 6) is 0.936. The van der Waals surface area contributed by atoms with Crippen molar-refractivity contribution in [2.75, 3.05) is 64.4 Å². The van der Waals surface area contributed by atoms with Gasteiger partial charge in [0.15, 0.2) is 0 Å². The highest BCUT2D eigenvalue weighted by molar-refractivity contribution is 5.94. The second-order valence-electron chi connectivity index (χ2n) is 9.01. The van der Waals surface area contributed by atoms with Crippen molar-refractivity contribution in [1.82, 2.24) is 15.1 Å². The van der Waals surface area contributed by atoms with Gasteiger partial charge in [-0.1, -0.05) is 12.1 Å². The van der Waals surface area contributed by atoms with Crippen molar-refractivity contribution in [3.8, 4) is 5.75 Å². The van der Waals surface area contributed by atoms with Crippen LogP contribution < -0.4 is 15.4 Å². The van der Waals surface area contributed by atoms with Gasteiger partial charge in [-0.05, 0) is 61.7 Å². The van der Waals surface area contributed by atoms with E-state index < -0.39 is 0 Å². The van der Waals surface area contributed by atoms with Crippen molar-refractivity contribution in [1.29, 1.82) is 0 Å². The largest absolute Gasteiger partial charge is 0.494 e. The first kappa shape index (κ1) is 25.0. The van der Waals surface area contributed by atoms with Crippen LogP contribution in [0.25, 0.3) is 0 Å².